The molecule has 2 rings (SSSR count). The van der Waals surface area contributed by atoms with E-state index in [1.807, 2.05) is 17.5 Å². The molecule has 0 fully saturated rings. The summed E-state index contributed by atoms with van der Waals surface area (Å²) in [4.78, 5) is 8.16. The first-order chi connectivity index (χ1) is 6.86. The highest BCUT2D eigenvalue weighted by Gasteiger charge is 2.07. The van der Waals surface area contributed by atoms with Crippen molar-refractivity contribution in [1.29, 1.82) is 0 Å². The van der Waals surface area contributed by atoms with Gasteiger partial charge in [0.1, 0.15) is 0 Å². The van der Waals surface area contributed by atoms with Gasteiger partial charge in [0.25, 0.3) is 0 Å². The Labute approximate surface area is 86.6 Å². The maximum atomic E-state index is 6.03. The van der Waals surface area contributed by atoms with E-state index in [9.17, 15) is 0 Å². The third-order valence-electron chi connectivity index (χ3n) is 2.01. The fourth-order valence-electron chi connectivity index (χ4n) is 1.27. The van der Waals surface area contributed by atoms with Crippen molar-refractivity contribution >= 4 is 11.3 Å². The van der Waals surface area contributed by atoms with Crippen LogP contribution in [0.3, 0.4) is 0 Å². The minimum Gasteiger partial charge on any atom is -0.324 e. The van der Waals surface area contributed by atoms with E-state index in [2.05, 4.69) is 9.97 Å². The SMILES string of the molecule is NC(Cc1nccs1)c1ccncc1. The summed E-state index contributed by atoms with van der Waals surface area (Å²) in [5, 5.41) is 3.04. The van der Waals surface area contributed by atoms with Crippen LogP contribution in [0.5, 0.6) is 0 Å². The van der Waals surface area contributed by atoms with Gasteiger partial charge in [-0.2, -0.15) is 0 Å². The van der Waals surface area contributed by atoms with E-state index in [1.54, 1.807) is 29.9 Å². The van der Waals surface area contributed by atoms with Crippen molar-refractivity contribution in [1.82, 2.24) is 9.97 Å². The fourth-order valence-corrected chi connectivity index (χ4v) is 1.95. The van der Waals surface area contributed by atoms with Crippen molar-refractivity contribution in [3.63, 3.8) is 0 Å². The predicted octanol–water partition coefficient (Wildman–Crippen LogP) is 1.78. The standard InChI is InChI=1S/C10H11N3S/c11-9(7-10-13-5-6-14-10)8-1-3-12-4-2-8/h1-6,9H,7,11H2. The van der Waals surface area contributed by atoms with Gasteiger partial charge in [-0.3, -0.25) is 4.98 Å². The molecule has 2 heterocycles. The molecule has 1 atom stereocenters. The molecule has 0 aromatic carbocycles. The second-order valence-corrected chi connectivity index (χ2v) is 4.00. The number of pyridine rings is 1. The average Bonchev–Trinajstić information content (AvgIpc) is 2.72. The maximum absolute atomic E-state index is 6.03. The number of thiazole rings is 1. The topological polar surface area (TPSA) is 51.8 Å². The van der Waals surface area contributed by atoms with Crippen molar-refractivity contribution in [2.45, 2.75) is 12.5 Å². The number of aromatic nitrogens is 2. The third-order valence-corrected chi connectivity index (χ3v) is 2.81. The quantitative estimate of drug-likeness (QED) is 0.831. The van der Waals surface area contributed by atoms with E-state index in [4.69, 9.17) is 5.73 Å². The molecule has 0 aliphatic rings. The van der Waals surface area contributed by atoms with Crippen LogP contribution in [0, 0.1) is 0 Å². The normalized spacial score (nSPS) is 12.6. The Morgan fingerprint density at radius 1 is 1.29 bits per heavy atom. The van der Waals surface area contributed by atoms with Crippen molar-refractivity contribution in [3.05, 3.63) is 46.7 Å². The number of nitrogens with two attached hydrogens (primary N) is 1. The van der Waals surface area contributed by atoms with Gasteiger partial charge >= 0.3 is 0 Å². The minimum absolute atomic E-state index is 0.0177. The van der Waals surface area contributed by atoms with Gasteiger partial charge in [0.2, 0.25) is 0 Å². The highest BCUT2D eigenvalue weighted by atomic mass is 32.1. The number of hydrogen-bond acceptors (Lipinski definition) is 4. The van der Waals surface area contributed by atoms with Gasteiger partial charge in [0.15, 0.2) is 0 Å². The van der Waals surface area contributed by atoms with E-state index >= 15 is 0 Å². The van der Waals surface area contributed by atoms with E-state index < -0.39 is 0 Å². The van der Waals surface area contributed by atoms with Crippen LogP contribution in [-0.2, 0) is 6.42 Å². The van der Waals surface area contributed by atoms with Crippen LogP contribution < -0.4 is 5.73 Å². The molecule has 14 heavy (non-hydrogen) atoms. The zero-order valence-electron chi connectivity index (χ0n) is 7.63. The molecular formula is C10H11N3S. The molecule has 0 saturated carbocycles. The molecule has 0 spiro atoms. The lowest BCUT2D eigenvalue weighted by Crippen LogP contribution is -2.13. The lowest BCUT2D eigenvalue weighted by molar-refractivity contribution is 0.716. The Morgan fingerprint density at radius 2 is 2.07 bits per heavy atom. The van der Waals surface area contributed by atoms with Crippen LogP contribution in [0.15, 0.2) is 36.1 Å². The zero-order chi connectivity index (χ0) is 9.80. The van der Waals surface area contributed by atoms with Crippen LogP contribution in [0.4, 0.5) is 0 Å². The average molecular weight is 205 g/mol. The van der Waals surface area contributed by atoms with Crippen molar-refractivity contribution < 1.29 is 0 Å². The Morgan fingerprint density at radius 3 is 2.71 bits per heavy atom. The van der Waals surface area contributed by atoms with Crippen LogP contribution in [0.1, 0.15) is 16.6 Å². The summed E-state index contributed by atoms with van der Waals surface area (Å²) in [6.45, 7) is 0. The first-order valence-corrected chi connectivity index (χ1v) is 5.28. The Kier molecular flexibility index (Phi) is 2.86. The highest BCUT2D eigenvalue weighted by Crippen LogP contribution is 2.16. The Bertz CT molecular complexity index is 372. The summed E-state index contributed by atoms with van der Waals surface area (Å²) in [5.74, 6) is 0. The van der Waals surface area contributed by atoms with Crippen LogP contribution in [-0.4, -0.2) is 9.97 Å². The number of rotatable bonds is 3. The summed E-state index contributed by atoms with van der Waals surface area (Å²) < 4.78 is 0. The second-order valence-electron chi connectivity index (χ2n) is 3.02. The first kappa shape index (κ1) is 9.30. The van der Waals surface area contributed by atoms with Crippen LogP contribution >= 0.6 is 11.3 Å². The molecule has 0 saturated heterocycles. The summed E-state index contributed by atoms with van der Waals surface area (Å²) in [5.41, 5.74) is 7.13. The van der Waals surface area contributed by atoms with Crippen LogP contribution in [0.25, 0.3) is 0 Å². The molecule has 0 aliphatic heterocycles. The van der Waals surface area contributed by atoms with Gasteiger partial charge in [-0.05, 0) is 17.7 Å². The molecule has 2 aromatic rings. The van der Waals surface area contributed by atoms with Crippen molar-refractivity contribution in [2.24, 2.45) is 5.73 Å². The lowest BCUT2D eigenvalue weighted by atomic mass is 10.1. The number of hydrogen-bond donors (Lipinski definition) is 1. The van der Waals surface area contributed by atoms with E-state index in [0.717, 1.165) is 17.0 Å². The summed E-state index contributed by atoms with van der Waals surface area (Å²) >= 11 is 1.64. The molecule has 0 bridgehead atoms. The largest absolute Gasteiger partial charge is 0.324 e. The molecule has 72 valence electrons. The van der Waals surface area contributed by atoms with Gasteiger partial charge in [0.05, 0.1) is 5.01 Å². The molecule has 0 radical (unpaired) electrons. The molecule has 3 nitrogen and oxygen atoms in total. The molecular weight excluding hydrogens is 194 g/mol. The fraction of sp³-hybridized carbons (Fsp3) is 0.200. The van der Waals surface area contributed by atoms with E-state index in [-0.39, 0.29) is 6.04 Å². The molecule has 2 N–H and O–H groups in total. The maximum Gasteiger partial charge on any atom is 0.0943 e. The van der Waals surface area contributed by atoms with Crippen molar-refractivity contribution in [3.8, 4) is 0 Å². The van der Waals surface area contributed by atoms with Gasteiger partial charge in [-0.25, -0.2) is 4.98 Å². The van der Waals surface area contributed by atoms with E-state index in [1.165, 1.54) is 0 Å². The smallest absolute Gasteiger partial charge is 0.0943 e. The Hall–Kier alpha value is -1.26. The highest BCUT2D eigenvalue weighted by molar-refractivity contribution is 7.09. The van der Waals surface area contributed by atoms with Crippen LogP contribution in [0.2, 0.25) is 0 Å². The van der Waals surface area contributed by atoms with Gasteiger partial charge in [-0.15, -0.1) is 11.3 Å². The van der Waals surface area contributed by atoms with Gasteiger partial charge < -0.3 is 5.73 Å². The van der Waals surface area contributed by atoms with Crippen molar-refractivity contribution in [2.75, 3.05) is 0 Å². The second kappa shape index (κ2) is 4.30. The molecule has 0 amide bonds. The lowest BCUT2D eigenvalue weighted by Gasteiger charge is -2.08. The van der Waals surface area contributed by atoms with E-state index in [0.29, 0.717) is 0 Å². The Balaban J connectivity index is 2.07. The molecule has 0 aliphatic carbocycles. The third kappa shape index (κ3) is 2.16. The predicted molar refractivity (Wildman–Crippen MR) is 57.0 cm³/mol. The first-order valence-electron chi connectivity index (χ1n) is 4.40. The molecule has 1 unspecified atom stereocenters. The monoisotopic (exact) mass is 205 g/mol. The molecule has 2 aromatic heterocycles. The van der Waals surface area contributed by atoms with Gasteiger partial charge in [0, 0.05) is 36.4 Å². The van der Waals surface area contributed by atoms with Gasteiger partial charge in [-0.1, -0.05) is 0 Å². The number of nitrogens with zero attached hydrogens (tertiary/aromatic N) is 2. The summed E-state index contributed by atoms with van der Waals surface area (Å²) in [6.07, 6.45) is 6.12. The summed E-state index contributed by atoms with van der Waals surface area (Å²) in [6, 6.07) is 3.90. The molecule has 4 heteroatoms. The zero-order valence-corrected chi connectivity index (χ0v) is 8.45. The summed E-state index contributed by atoms with van der Waals surface area (Å²) in [7, 11) is 0. The minimum atomic E-state index is 0.0177.